The molecule has 0 unspecified atom stereocenters. The summed E-state index contributed by atoms with van der Waals surface area (Å²) in [4.78, 5) is 0. The Morgan fingerprint density at radius 1 is 1.60 bits per heavy atom. The van der Waals surface area contributed by atoms with Gasteiger partial charge >= 0.3 is 0 Å². The van der Waals surface area contributed by atoms with Crippen molar-refractivity contribution < 1.29 is 5.11 Å². The van der Waals surface area contributed by atoms with Crippen LogP contribution in [-0.4, -0.2) is 11.7 Å². The molecule has 0 aliphatic rings. The zero-order chi connectivity index (χ0) is 3.41. The van der Waals surface area contributed by atoms with E-state index >= 15 is 0 Å². The van der Waals surface area contributed by atoms with E-state index in [1.807, 2.05) is 0 Å². The van der Waals surface area contributed by atoms with E-state index in [1.54, 1.807) is 0 Å². The van der Waals surface area contributed by atoms with Gasteiger partial charge in [0, 0.05) is 6.61 Å². The summed E-state index contributed by atoms with van der Waals surface area (Å²) in [5.41, 5.74) is 0. The summed E-state index contributed by atoms with van der Waals surface area (Å²) in [5.74, 6) is 0. The Bertz CT molecular complexity index is 8.85. The van der Waals surface area contributed by atoms with Gasteiger partial charge in [-0.05, 0) is 13.3 Å². The number of aliphatic hydroxyl groups is 1. The van der Waals surface area contributed by atoms with Crippen LogP contribution < -0.4 is 0 Å². The molecule has 2 radical (unpaired) electrons. The van der Waals surface area contributed by atoms with Gasteiger partial charge in [0.25, 0.3) is 0 Å². The number of hydrogen-bond acceptors (Lipinski definition) is 1. The average molecular weight is 325 g/mol. The summed E-state index contributed by atoms with van der Waals surface area (Å²) in [6, 6.07) is 0. The predicted octanol–water partition coefficient (Wildman–Crippen LogP) is 0.0799. The van der Waals surface area contributed by atoms with E-state index in [9.17, 15) is 0 Å². The first-order chi connectivity index (χ1) is 1.91. The fraction of sp³-hybridized carbons (Fsp3) is 0.667. The first kappa shape index (κ1) is 9.03. The van der Waals surface area contributed by atoms with E-state index in [-0.39, 0.29) is 6.61 Å². The topological polar surface area (TPSA) is 20.2 Å². The summed E-state index contributed by atoms with van der Waals surface area (Å²) in [7, 11) is 0. The number of aliphatic hydroxyl groups excluding tert-OH is 1. The van der Waals surface area contributed by atoms with Crippen molar-refractivity contribution in [2.45, 2.75) is 6.42 Å². The molecule has 2 heteroatoms. The maximum atomic E-state index is 7.75. The standard InChI is InChI=1S/C3H6O.Rf/c1-2-3-4;/h1,4H,2-3H2;. The largest absolute Gasteiger partial charge is 0.396 e. The van der Waals surface area contributed by atoms with Gasteiger partial charge in [0.15, 0.2) is 0 Å². The molecule has 26 valence electrons. The van der Waals surface area contributed by atoms with Crippen molar-refractivity contribution in [3.63, 3.8) is 0 Å². The molecule has 0 amide bonds. The second-order valence-electron chi connectivity index (χ2n) is 0.512. The molecular weight excluding hydrogens is 319 g/mol. The molecular formula is C3H6ORf. The first-order valence-corrected chi connectivity index (χ1v) is 1.22. The molecule has 0 spiro atoms. The molecule has 0 rings (SSSR count). The molecule has 5 heavy (non-hydrogen) atoms. The molecule has 0 fully saturated rings. The molecule has 0 aromatic rings. The molecule has 0 heterocycles. The maximum Gasteiger partial charge on any atom is 0.0433 e. The summed E-state index contributed by atoms with van der Waals surface area (Å²) in [5, 5.41) is 7.75. The van der Waals surface area contributed by atoms with E-state index < -0.39 is 0 Å². The van der Waals surface area contributed by atoms with Crippen LogP contribution >= 0.6 is 0 Å². The molecule has 0 aliphatic heterocycles. The van der Waals surface area contributed by atoms with Crippen molar-refractivity contribution in [1.82, 2.24) is 0 Å². The summed E-state index contributed by atoms with van der Waals surface area (Å²) < 4.78 is 0. The Labute approximate surface area is 26.3 Å². The molecule has 0 saturated heterocycles. The van der Waals surface area contributed by atoms with Crippen LogP contribution in [0.1, 0.15) is 6.42 Å². The minimum absolute atomic E-state index is 0. The first-order valence-electron chi connectivity index (χ1n) is 1.22. The van der Waals surface area contributed by atoms with Crippen LogP contribution in [0.2, 0.25) is 0 Å². The predicted molar refractivity (Wildman–Crippen MR) is 16.0 cm³/mol. The van der Waals surface area contributed by atoms with Gasteiger partial charge in [0.2, 0.25) is 0 Å². The molecule has 0 aromatic carbocycles. The third-order valence-corrected chi connectivity index (χ3v) is 0.129. The molecule has 0 bridgehead atoms. The van der Waals surface area contributed by atoms with Crippen LogP contribution in [0, 0.1) is 6.92 Å². The van der Waals surface area contributed by atoms with Gasteiger partial charge < -0.3 is 5.11 Å². The van der Waals surface area contributed by atoms with Gasteiger partial charge in [-0.3, -0.25) is 0 Å². The van der Waals surface area contributed by atoms with E-state index in [0.717, 1.165) is 0 Å². The SMILES string of the molecule is [CH]CCO.[Rf]. The van der Waals surface area contributed by atoms with Crippen molar-refractivity contribution >= 4 is 0 Å². The van der Waals surface area contributed by atoms with Gasteiger partial charge in [-0.1, -0.05) is 0 Å². The molecule has 0 saturated carbocycles. The average Bonchev–Trinajstić information content (AvgIpc) is 1.37. The van der Waals surface area contributed by atoms with Crippen molar-refractivity contribution in [2.24, 2.45) is 0 Å². The Hall–Kier alpha value is -1.04. The minimum atomic E-state index is 0. The third kappa shape index (κ3) is 1700. The second-order valence-corrected chi connectivity index (χ2v) is 0.512. The Morgan fingerprint density at radius 2 is 1.80 bits per heavy atom. The van der Waals surface area contributed by atoms with Crippen LogP contribution in [0.5, 0.6) is 0 Å². The van der Waals surface area contributed by atoms with Gasteiger partial charge in [0.1, 0.15) is 0 Å². The van der Waals surface area contributed by atoms with Crippen molar-refractivity contribution in [3.05, 3.63) is 6.92 Å². The molecule has 0 atom stereocenters. The zero-order valence-electron chi connectivity index (χ0n) is 3.15. The fourth-order valence-electron chi connectivity index (χ4n) is 0. The molecule has 1 N–H and O–H groups in total. The number of hydrogen-bond donors (Lipinski definition) is 1. The van der Waals surface area contributed by atoms with Crippen LogP contribution in [-0.2, 0) is 0 Å². The molecule has 0 aromatic heterocycles. The summed E-state index contributed by atoms with van der Waals surface area (Å²) in [6.07, 6.45) is 0.375. The smallest absolute Gasteiger partial charge is 0.0433 e. The van der Waals surface area contributed by atoms with Crippen LogP contribution in [0.25, 0.3) is 0 Å². The fourth-order valence-corrected chi connectivity index (χ4v) is 0. The summed E-state index contributed by atoms with van der Waals surface area (Å²) >= 11 is 0. The second kappa shape index (κ2) is 12.3. The van der Waals surface area contributed by atoms with Crippen molar-refractivity contribution in [1.29, 1.82) is 0 Å². The maximum absolute atomic E-state index is 7.75. The zero-order valence-corrected chi connectivity index (χ0v) is 9.55. The van der Waals surface area contributed by atoms with Crippen molar-refractivity contribution in [2.75, 3.05) is 6.61 Å². The quantitative estimate of drug-likeness (QED) is 0.724. The van der Waals surface area contributed by atoms with Crippen LogP contribution in [0.4, 0.5) is 0 Å². The summed E-state index contributed by atoms with van der Waals surface area (Å²) in [6.45, 7) is 4.88. The van der Waals surface area contributed by atoms with E-state index in [4.69, 9.17) is 12.0 Å². The van der Waals surface area contributed by atoms with Gasteiger partial charge in [-0.2, -0.15) is 0 Å². The third-order valence-electron chi connectivity index (χ3n) is 0.129. The molecule has 0 aliphatic carbocycles. The molecule has 1 nitrogen and oxygen atoms in total. The monoisotopic (exact) mass is 325 g/mol. The van der Waals surface area contributed by atoms with Crippen molar-refractivity contribution in [3.8, 4) is 0 Å². The van der Waals surface area contributed by atoms with Gasteiger partial charge in [-0.25, -0.2) is 0 Å². The van der Waals surface area contributed by atoms with E-state index in [2.05, 4.69) is 0 Å². The Kier molecular flexibility index (Phi) is 22.3. The van der Waals surface area contributed by atoms with E-state index in [0.29, 0.717) is 6.42 Å². The van der Waals surface area contributed by atoms with Crippen LogP contribution in [0.3, 0.4) is 0 Å². The van der Waals surface area contributed by atoms with Crippen LogP contribution in [0.15, 0.2) is 0 Å². The normalized spacial score (nSPS) is 6.00. The minimum Gasteiger partial charge on any atom is -0.396 e. The van der Waals surface area contributed by atoms with E-state index in [1.165, 1.54) is 0 Å². The van der Waals surface area contributed by atoms with Gasteiger partial charge in [0.05, 0.1) is 0 Å². The Balaban J connectivity index is 0. The van der Waals surface area contributed by atoms with Gasteiger partial charge in [-0.15, -0.1) is 0 Å². The number of rotatable bonds is 1. The Morgan fingerprint density at radius 3 is 1.80 bits per heavy atom.